The van der Waals surface area contributed by atoms with Gasteiger partial charge in [0.2, 0.25) is 0 Å². The van der Waals surface area contributed by atoms with Gasteiger partial charge in [-0.15, -0.1) is 0 Å². The third-order valence-corrected chi connectivity index (χ3v) is 8.83. The zero-order chi connectivity index (χ0) is 14.2. The van der Waals surface area contributed by atoms with Crippen molar-refractivity contribution in [3.05, 3.63) is 0 Å². The Balaban J connectivity index is 1.73. The summed E-state index contributed by atoms with van der Waals surface area (Å²) in [4.78, 5) is 0. The van der Waals surface area contributed by atoms with E-state index in [2.05, 4.69) is 27.7 Å². The predicted molar refractivity (Wildman–Crippen MR) is 85.5 cm³/mol. The molecule has 0 aromatic carbocycles. The Kier molecular flexibility index (Phi) is 2.76. The molecule has 5 saturated carbocycles. The van der Waals surface area contributed by atoms with Gasteiger partial charge in [0.25, 0.3) is 0 Å². The minimum atomic E-state index is 0.608. The molecule has 0 heteroatoms. The fraction of sp³-hybridized carbons (Fsp3) is 1.00. The van der Waals surface area contributed by atoms with Crippen LogP contribution in [0.1, 0.15) is 85.5 Å². The summed E-state index contributed by atoms with van der Waals surface area (Å²) in [5.41, 5.74) is 2.06. The highest BCUT2D eigenvalue weighted by Gasteiger charge is 2.63. The van der Waals surface area contributed by atoms with Crippen molar-refractivity contribution in [3.63, 3.8) is 0 Å². The molecule has 0 saturated heterocycles. The summed E-state index contributed by atoms with van der Waals surface area (Å²) in [5, 5.41) is 0. The van der Waals surface area contributed by atoms with E-state index < -0.39 is 0 Å². The van der Waals surface area contributed by atoms with E-state index in [1.807, 2.05) is 0 Å². The zero-order valence-electron chi connectivity index (χ0n) is 14.2. The number of hydrogen-bond acceptors (Lipinski definition) is 0. The molecule has 5 rings (SSSR count). The van der Waals surface area contributed by atoms with Crippen molar-refractivity contribution >= 4 is 0 Å². The van der Waals surface area contributed by atoms with E-state index in [-0.39, 0.29) is 0 Å². The second kappa shape index (κ2) is 4.05. The highest BCUT2D eigenvalue weighted by Crippen LogP contribution is 2.72. The fourth-order valence-electron chi connectivity index (χ4n) is 7.99. The standard InChI is InChI=1S/C20H34/c1-14-13-20-10-6-15(14)12-17(20)19(4)9-5-8-18(2,3)16(19)7-11-20/h14-17H,5-13H2,1-4H3/t14?,15?,16?,17-,19?,20?/m0/s1. The van der Waals surface area contributed by atoms with Crippen molar-refractivity contribution in [2.75, 3.05) is 0 Å². The van der Waals surface area contributed by atoms with E-state index in [0.29, 0.717) is 10.8 Å². The Bertz CT molecular complexity index is 408. The van der Waals surface area contributed by atoms with Crippen molar-refractivity contribution < 1.29 is 0 Å². The lowest BCUT2D eigenvalue weighted by atomic mass is 9.36. The van der Waals surface area contributed by atoms with Gasteiger partial charge in [0.05, 0.1) is 0 Å². The van der Waals surface area contributed by atoms with Crippen LogP contribution in [0.2, 0.25) is 0 Å². The van der Waals surface area contributed by atoms with Crippen molar-refractivity contribution in [2.24, 2.45) is 39.9 Å². The average Bonchev–Trinajstić information content (AvgIpc) is 2.37. The molecule has 5 unspecified atom stereocenters. The Labute approximate surface area is 126 Å². The van der Waals surface area contributed by atoms with Gasteiger partial charge in [-0.25, -0.2) is 0 Å². The lowest BCUT2D eigenvalue weighted by molar-refractivity contribution is -0.190. The van der Waals surface area contributed by atoms with Crippen LogP contribution >= 0.6 is 0 Å². The van der Waals surface area contributed by atoms with Crippen molar-refractivity contribution in [1.82, 2.24) is 0 Å². The summed E-state index contributed by atoms with van der Waals surface area (Å²) in [7, 11) is 0. The van der Waals surface area contributed by atoms with E-state index in [1.54, 1.807) is 32.1 Å². The lowest BCUT2D eigenvalue weighted by Gasteiger charge is -2.68. The molecule has 1 spiro atoms. The molecular formula is C20H34. The topological polar surface area (TPSA) is 0 Å². The number of fused-ring (bicyclic) bond motifs is 3. The molecule has 5 aliphatic rings. The average molecular weight is 274 g/mol. The molecule has 20 heavy (non-hydrogen) atoms. The van der Waals surface area contributed by atoms with E-state index in [4.69, 9.17) is 0 Å². The summed E-state index contributed by atoms with van der Waals surface area (Å²) in [6.07, 6.45) is 13.9. The molecule has 6 atom stereocenters. The Morgan fingerprint density at radius 2 is 1.60 bits per heavy atom. The van der Waals surface area contributed by atoms with Gasteiger partial charge >= 0.3 is 0 Å². The molecular weight excluding hydrogens is 240 g/mol. The van der Waals surface area contributed by atoms with Crippen molar-refractivity contribution in [2.45, 2.75) is 85.5 Å². The van der Waals surface area contributed by atoms with Gasteiger partial charge in [0, 0.05) is 0 Å². The normalized spacial score (nSPS) is 57.0. The molecule has 5 aliphatic carbocycles. The first-order valence-corrected chi connectivity index (χ1v) is 9.37. The van der Waals surface area contributed by atoms with Crippen molar-refractivity contribution in [1.29, 1.82) is 0 Å². The summed E-state index contributed by atoms with van der Waals surface area (Å²) in [6.45, 7) is 10.4. The Morgan fingerprint density at radius 3 is 2.35 bits per heavy atom. The zero-order valence-corrected chi connectivity index (χ0v) is 14.2. The molecule has 5 fully saturated rings. The maximum atomic E-state index is 2.72. The maximum absolute atomic E-state index is 2.72. The Hall–Kier alpha value is 0. The van der Waals surface area contributed by atoms with E-state index in [9.17, 15) is 0 Å². The third kappa shape index (κ3) is 1.60. The highest BCUT2D eigenvalue weighted by molar-refractivity contribution is 5.12. The molecule has 0 radical (unpaired) electrons. The Morgan fingerprint density at radius 1 is 0.850 bits per heavy atom. The second-order valence-electron chi connectivity index (χ2n) is 10.1. The summed E-state index contributed by atoms with van der Waals surface area (Å²) in [5.74, 6) is 4.18. The summed E-state index contributed by atoms with van der Waals surface area (Å²) in [6, 6.07) is 0. The molecule has 0 heterocycles. The van der Waals surface area contributed by atoms with Crippen LogP contribution in [0.3, 0.4) is 0 Å². The van der Waals surface area contributed by atoms with Gasteiger partial charge in [0.1, 0.15) is 0 Å². The van der Waals surface area contributed by atoms with Crippen LogP contribution < -0.4 is 0 Å². The van der Waals surface area contributed by atoms with Crippen LogP contribution in [0.5, 0.6) is 0 Å². The molecule has 0 nitrogen and oxygen atoms in total. The molecule has 114 valence electrons. The highest BCUT2D eigenvalue weighted by atomic mass is 14.7. The number of rotatable bonds is 0. The molecule has 0 aliphatic heterocycles. The van der Waals surface area contributed by atoms with Gasteiger partial charge in [-0.05, 0) is 91.3 Å². The van der Waals surface area contributed by atoms with Gasteiger partial charge in [0.15, 0.2) is 0 Å². The first-order chi connectivity index (χ1) is 9.37. The predicted octanol–water partition coefficient (Wildman–Crippen LogP) is 6.06. The molecule has 0 aromatic heterocycles. The largest absolute Gasteiger partial charge is 0.0622 e. The van der Waals surface area contributed by atoms with Gasteiger partial charge < -0.3 is 0 Å². The van der Waals surface area contributed by atoms with Crippen LogP contribution in [0.15, 0.2) is 0 Å². The first-order valence-electron chi connectivity index (χ1n) is 9.37. The molecule has 0 amide bonds. The fourth-order valence-corrected chi connectivity index (χ4v) is 7.99. The van der Waals surface area contributed by atoms with Crippen LogP contribution in [0, 0.1) is 39.9 Å². The summed E-state index contributed by atoms with van der Waals surface area (Å²) < 4.78 is 0. The minimum Gasteiger partial charge on any atom is -0.0622 e. The smallest absolute Gasteiger partial charge is 0.0259 e. The third-order valence-electron chi connectivity index (χ3n) is 8.83. The van der Waals surface area contributed by atoms with Crippen LogP contribution in [0.25, 0.3) is 0 Å². The summed E-state index contributed by atoms with van der Waals surface area (Å²) >= 11 is 0. The van der Waals surface area contributed by atoms with Crippen molar-refractivity contribution in [3.8, 4) is 0 Å². The maximum Gasteiger partial charge on any atom is -0.0259 e. The van der Waals surface area contributed by atoms with E-state index in [0.717, 1.165) is 29.1 Å². The quantitative estimate of drug-likeness (QED) is 0.504. The van der Waals surface area contributed by atoms with E-state index >= 15 is 0 Å². The molecule has 0 aromatic rings. The van der Waals surface area contributed by atoms with Gasteiger partial charge in [-0.1, -0.05) is 34.1 Å². The van der Waals surface area contributed by atoms with Gasteiger partial charge in [-0.3, -0.25) is 0 Å². The van der Waals surface area contributed by atoms with Crippen LogP contribution in [-0.2, 0) is 0 Å². The lowest BCUT2D eigenvalue weighted by Crippen LogP contribution is -2.60. The SMILES string of the molecule is CC1CC23CCC1C[C@H]2C1(C)CCCC(C)(C)C1CC3. The molecule has 2 bridgehead atoms. The molecule has 0 N–H and O–H groups in total. The van der Waals surface area contributed by atoms with Crippen LogP contribution in [-0.4, -0.2) is 0 Å². The number of hydrogen-bond donors (Lipinski definition) is 0. The van der Waals surface area contributed by atoms with E-state index in [1.165, 1.54) is 25.7 Å². The monoisotopic (exact) mass is 274 g/mol. The van der Waals surface area contributed by atoms with Crippen LogP contribution in [0.4, 0.5) is 0 Å². The second-order valence-corrected chi connectivity index (χ2v) is 10.1. The van der Waals surface area contributed by atoms with Gasteiger partial charge in [-0.2, -0.15) is 0 Å². The first kappa shape index (κ1) is 13.6. The minimum absolute atomic E-state index is 0.608.